The van der Waals surface area contributed by atoms with E-state index in [0.717, 1.165) is 19.3 Å². The van der Waals surface area contributed by atoms with Crippen molar-refractivity contribution in [3.05, 3.63) is 12.7 Å². The molecule has 0 aliphatic carbocycles. The predicted molar refractivity (Wildman–Crippen MR) is 91.4 cm³/mol. The van der Waals surface area contributed by atoms with E-state index in [0.29, 0.717) is 0 Å². The van der Waals surface area contributed by atoms with Gasteiger partial charge in [0.2, 0.25) is 0 Å². The SMILES string of the molecule is C=CCCCCCCCCCC[Si](C)(OCC)OCC. The summed E-state index contributed by atoms with van der Waals surface area (Å²) in [6, 6.07) is 1.15. The predicted octanol–water partition coefficient (Wildman–Crippen LogP) is 5.83. The Morgan fingerprint density at radius 3 is 1.70 bits per heavy atom. The molecule has 0 spiro atoms. The zero-order chi connectivity index (χ0) is 15.1. The van der Waals surface area contributed by atoms with Gasteiger partial charge < -0.3 is 8.85 Å². The smallest absolute Gasteiger partial charge is 0.334 e. The molecule has 0 rings (SSSR count). The van der Waals surface area contributed by atoms with E-state index in [-0.39, 0.29) is 0 Å². The summed E-state index contributed by atoms with van der Waals surface area (Å²) in [6.45, 7) is 11.7. The van der Waals surface area contributed by atoms with Crippen molar-refractivity contribution in [2.24, 2.45) is 0 Å². The van der Waals surface area contributed by atoms with Crippen LogP contribution in [0.4, 0.5) is 0 Å². The third-order valence-electron chi connectivity index (χ3n) is 3.69. The van der Waals surface area contributed by atoms with Gasteiger partial charge >= 0.3 is 8.56 Å². The zero-order valence-corrected chi connectivity index (χ0v) is 15.1. The number of rotatable bonds is 15. The van der Waals surface area contributed by atoms with Crippen molar-refractivity contribution in [1.29, 1.82) is 0 Å². The van der Waals surface area contributed by atoms with E-state index in [1.54, 1.807) is 0 Å². The molecule has 0 aliphatic heterocycles. The van der Waals surface area contributed by atoms with Gasteiger partial charge in [0.15, 0.2) is 0 Å². The van der Waals surface area contributed by atoms with Crippen LogP contribution in [0.5, 0.6) is 0 Å². The van der Waals surface area contributed by atoms with Crippen LogP contribution in [0.25, 0.3) is 0 Å². The molecule has 0 radical (unpaired) electrons. The molecule has 0 amide bonds. The minimum atomic E-state index is -1.85. The first-order chi connectivity index (χ1) is 9.68. The summed E-state index contributed by atoms with van der Waals surface area (Å²) in [4.78, 5) is 0. The first-order valence-corrected chi connectivity index (χ1v) is 11.1. The van der Waals surface area contributed by atoms with Gasteiger partial charge in [-0.05, 0) is 39.3 Å². The number of hydrogen-bond acceptors (Lipinski definition) is 2. The van der Waals surface area contributed by atoms with Gasteiger partial charge in [-0.15, -0.1) is 6.58 Å². The first-order valence-electron chi connectivity index (χ1n) is 8.57. The average molecular weight is 301 g/mol. The fourth-order valence-electron chi connectivity index (χ4n) is 2.59. The third kappa shape index (κ3) is 11.7. The molecule has 0 fully saturated rings. The van der Waals surface area contributed by atoms with E-state index in [1.807, 2.05) is 6.08 Å². The second-order valence-electron chi connectivity index (χ2n) is 5.66. The molecular weight excluding hydrogens is 264 g/mol. The summed E-state index contributed by atoms with van der Waals surface area (Å²) in [7, 11) is -1.85. The number of unbranched alkanes of at least 4 members (excludes halogenated alkanes) is 8. The molecule has 0 unspecified atom stereocenters. The molecule has 0 aromatic heterocycles. The van der Waals surface area contributed by atoms with E-state index in [9.17, 15) is 0 Å². The minimum absolute atomic E-state index is 0.785. The summed E-state index contributed by atoms with van der Waals surface area (Å²) >= 11 is 0. The van der Waals surface area contributed by atoms with Crippen LogP contribution >= 0.6 is 0 Å². The van der Waals surface area contributed by atoms with Gasteiger partial charge in [-0.1, -0.05) is 51.0 Å². The Hall–Kier alpha value is -0.123. The normalized spacial score (nSPS) is 11.8. The molecule has 0 N–H and O–H groups in total. The van der Waals surface area contributed by atoms with Gasteiger partial charge in [0.25, 0.3) is 0 Å². The summed E-state index contributed by atoms with van der Waals surface area (Å²) in [6.07, 6.45) is 14.0. The fraction of sp³-hybridized carbons (Fsp3) is 0.882. The number of hydrogen-bond donors (Lipinski definition) is 0. The Kier molecular flexibility index (Phi) is 13.8. The van der Waals surface area contributed by atoms with Crippen LogP contribution < -0.4 is 0 Å². The number of allylic oxidation sites excluding steroid dienone is 1. The molecule has 0 aliphatic rings. The Labute approximate surface area is 128 Å². The maximum absolute atomic E-state index is 5.86. The van der Waals surface area contributed by atoms with Crippen LogP contribution in [-0.2, 0) is 8.85 Å². The molecule has 0 saturated carbocycles. The van der Waals surface area contributed by atoms with Gasteiger partial charge in [-0.3, -0.25) is 0 Å². The molecule has 2 nitrogen and oxygen atoms in total. The van der Waals surface area contributed by atoms with Crippen LogP contribution in [0.15, 0.2) is 12.7 Å². The van der Waals surface area contributed by atoms with Crippen molar-refractivity contribution in [3.63, 3.8) is 0 Å². The highest BCUT2D eigenvalue weighted by Gasteiger charge is 2.29. The van der Waals surface area contributed by atoms with Crippen LogP contribution in [0.2, 0.25) is 12.6 Å². The lowest BCUT2D eigenvalue weighted by atomic mass is 10.1. The topological polar surface area (TPSA) is 18.5 Å². The minimum Gasteiger partial charge on any atom is -0.395 e. The van der Waals surface area contributed by atoms with Crippen molar-refractivity contribution in [2.45, 2.75) is 84.2 Å². The summed E-state index contributed by atoms with van der Waals surface area (Å²) in [5.41, 5.74) is 0. The standard InChI is InChI=1S/C17H36O2Si/c1-5-8-9-10-11-12-13-14-15-16-17-20(4,18-6-2)19-7-3/h5H,1,6-17H2,2-4H3. The summed E-state index contributed by atoms with van der Waals surface area (Å²) in [5, 5.41) is 0. The van der Waals surface area contributed by atoms with Crippen LogP contribution in [0.1, 0.15) is 71.6 Å². The molecule has 0 aromatic rings. The third-order valence-corrected chi connectivity index (χ3v) is 6.75. The lowest BCUT2D eigenvalue weighted by Crippen LogP contribution is -2.38. The maximum atomic E-state index is 5.86. The Morgan fingerprint density at radius 1 is 0.800 bits per heavy atom. The van der Waals surface area contributed by atoms with Crippen molar-refractivity contribution in [3.8, 4) is 0 Å². The lowest BCUT2D eigenvalue weighted by molar-refractivity contribution is 0.188. The zero-order valence-electron chi connectivity index (χ0n) is 14.1. The van der Waals surface area contributed by atoms with E-state index >= 15 is 0 Å². The molecule has 0 atom stereocenters. The Balaban J connectivity index is 3.43. The molecule has 0 bridgehead atoms. The van der Waals surface area contributed by atoms with Gasteiger partial charge in [0.05, 0.1) is 0 Å². The second-order valence-corrected chi connectivity index (χ2v) is 9.00. The van der Waals surface area contributed by atoms with Crippen LogP contribution in [-0.4, -0.2) is 21.8 Å². The largest absolute Gasteiger partial charge is 0.395 e. The van der Waals surface area contributed by atoms with Crippen molar-refractivity contribution >= 4 is 8.56 Å². The lowest BCUT2D eigenvalue weighted by Gasteiger charge is -2.25. The van der Waals surface area contributed by atoms with Crippen molar-refractivity contribution in [2.75, 3.05) is 13.2 Å². The Morgan fingerprint density at radius 2 is 1.25 bits per heavy atom. The van der Waals surface area contributed by atoms with E-state index in [4.69, 9.17) is 8.85 Å². The molecule has 120 valence electrons. The molecule has 0 heterocycles. The maximum Gasteiger partial charge on any atom is 0.334 e. The first kappa shape index (κ1) is 19.9. The molecular formula is C17H36O2Si. The fourth-order valence-corrected chi connectivity index (χ4v) is 5.08. The van der Waals surface area contributed by atoms with E-state index in [1.165, 1.54) is 57.8 Å². The van der Waals surface area contributed by atoms with Gasteiger partial charge in [0, 0.05) is 13.2 Å². The summed E-state index contributed by atoms with van der Waals surface area (Å²) in [5.74, 6) is 0. The Bertz CT molecular complexity index is 213. The van der Waals surface area contributed by atoms with Crippen LogP contribution in [0.3, 0.4) is 0 Å². The van der Waals surface area contributed by atoms with E-state index in [2.05, 4.69) is 27.0 Å². The van der Waals surface area contributed by atoms with Crippen molar-refractivity contribution in [1.82, 2.24) is 0 Å². The second kappa shape index (κ2) is 13.8. The highest BCUT2D eigenvalue weighted by molar-refractivity contribution is 6.66. The van der Waals surface area contributed by atoms with Crippen molar-refractivity contribution < 1.29 is 8.85 Å². The highest BCUT2D eigenvalue weighted by atomic mass is 28.4. The average Bonchev–Trinajstić information content (AvgIpc) is 2.41. The molecule has 0 saturated heterocycles. The monoisotopic (exact) mass is 300 g/mol. The van der Waals surface area contributed by atoms with Gasteiger partial charge in [0.1, 0.15) is 0 Å². The van der Waals surface area contributed by atoms with Gasteiger partial charge in [-0.2, -0.15) is 0 Å². The molecule has 3 heteroatoms. The van der Waals surface area contributed by atoms with Crippen LogP contribution in [0, 0.1) is 0 Å². The summed E-state index contributed by atoms with van der Waals surface area (Å²) < 4.78 is 11.7. The van der Waals surface area contributed by atoms with Gasteiger partial charge in [-0.25, -0.2) is 0 Å². The highest BCUT2D eigenvalue weighted by Crippen LogP contribution is 2.19. The quantitative estimate of drug-likeness (QED) is 0.215. The van der Waals surface area contributed by atoms with E-state index < -0.39 is 8.56 Å². The molecule has 20 heavy (non-hydrogen) atoms. The molecule has 0 aromatic carbocycles.